The van der Waals surface area contributed by atoms with E-state index in [2.05, 4.69) is 128 Å². The molecule has 0 aliphatic carbocycles. The molecule has 4 aliphatic rings. The number of likely N-dealkylation sites (tertiary alicyclic amines) is 1. The first-order valence-electron chi connectivity index (χ1n) is 42.1. The molecule has 6 amide bonds. The molecule has 8 atom stereocenters. The summed E-state index contributed by atoms with van der Waals surface area (Å²) in [7, 11) is 0. The van der Waals surface area contributed by atoms with Crippen molar-refractivity contribution in [2.75, 3.05) is 91.6 Å². The molecule has 12 N–H and O–H groups in total. The first-order valence-corrected chi connectivity index (χ1v) is 43.3. The van der Waals surface area contributed by atoms with Gasteiger partial charge in [0.15, 0.2) is 5.96 Å². The SMILES string of the molecule is C=C(C)C(CC)CN1CC[C@@H](CNC(=O)c2ccc(Cl)c(Cl)c2)N[C@@H](CCN)C1=O.CC[C@H](CN1CC[C@@H](CNC(=O)c2ccc3cc(Cl)ccc3c2)N[C@@H](CCN=C(N)NC(C)C)C1=O)c1ccccc1.O=C(O)c1ccc2cc(C(=O)NC[C@@H]3CCN(CC(c4ccccc4)c4ccccc4)C(=O)[C@H](CCN4CCCCC4)N3)ccc2c1. The molecule has 4 aliphatic heterocycles. The third-order valence-corrected chi connectivity index (χ3v) is 23.9. The number of hydrogen-bond donors (Lipinski definition) is 10. The van der Waals surface area contributed by atoms with E-state index in [1.807, 2.05) is 102 Å². The summed E-state index contributed by atoms with van der Waals surface area (Å²) in [6, 6.07) is 56.3. The quantitative estimate of drug-likeness (QED) is 0.0110. The summed E-state index contributed by atoms with van der Waals surface area (Å²) in [6.45, 7) is 23.2. The number of benzene rings is 8. The number of guanidine groups is 1. The molecule has 0 aromatic heterocycles. The van der Waals surface area contributed by atoms with Gasteiger partial charge in [0, 0.05) is 130 Å². The van der Waals surface area contributed by atoms with Crippen LogP contribution in [0.4, 0.5) is 0 Å². The third-order valence-electron chi connectivity index (χ3n) is 22.9. The Bertz CT molecular complexity index is 4690. The van der Waals surface area contributed by atoms with E-state index in [9.17, 15) is 38.7 Å². The van der Waals surface area contributed by atoms with Crippen LogP contribution in [0, 0.1) is 5.92 Å². The number of piperidine rings is 1. The zero-order valence-electron chi connectivity index (χ0n) is 69.3. The third kappa shape index (κ3) is 27.4. The van der Waals surface area contributed by atoms with E-state index >= 15 is 0 Å². The maximum Gasteiger partial charge on any atom is 0.335 e. The summed E-state index contributed by atoms with van der Waals surface area (Å²) in [4.78, 5) is 104. The van der Waals surface area contributed by atoms with Crippen molar-refractivity contribution in [1.29, 1.82) is 0 Å². The molecule has 1 unspecified atom stereocenters. The maximum absolute atomic E-state index is 14.2. The van der Waals surface area contributed by atoms with Crippen molar-refractivity contribution in [2.24, 2.45) is 22.4 Å². The summed E-state index contributed by atoms with van der Waals surface area (Å²) in [5.41, 5.74) is 18.2. The number of carboxylic acid groups (broad SMARTS) is 1. The van der Waals surface area contributed by atoms with Crippen LogP contribution in [0.5, 0.6) is 0 Å². The van der Waals surface area contributed by atoms with Gasteiger partial charge in [0.05, 0.1) is 33.7 Å². The first-order chi connectivity index (χ1) is 57.4. The molecular weight excluding hydrogens is 1560 g/mol. The molecule has 4 heterocycles. The molecular formula is C94H119Cl3N14O8. The van der Waals surface area contributed by atoms with Gasteiger partial charge in [-0.15, -0.1) is 0 Å². The van der Waals surface area contributed by atoms with E-state index in [-0.39, 0.29) is 95.0 Å². The van der Waals surface area contributed by atoms with Crippen LogP contribution >= 0.6 is 34.8 Å². The number of amides is 6. The highest BCUT2D eigenvalue weighted by molar-refractivity contribution is 6.42. The van der Waals surface area contributed by atoms with E-state index < -0.39 is 12.0 Å². The van der Waals surface area contributed by atoms with Gasteiger partial charge < -0.3 is 73.4 Å². The highest BCUT2D eigenvalue weighted by atomic mass is 35.5. The molecule has 0 radical (unpaired) electrons. The smallest absolute Gasteiger partial charge is 0.335 e. The lowest BCUT2D eigenvalue weighted by molar-refractivity contribution is -0.134. The Hall–Kier alpha value is -9.75. The van der Waals surface area contributed by atoms with E-state index in [0.717, 1.165) is 85.3 Å². The molecule has 8 aromatic rings. The van der Waals surface area contributed by atoms with Crippen LogP contribution in [0.15, 0.2) is 199 Å². The highest BCUT2D eigenvalue weighted by Crippen LogP contribution is 2.30. The predicted octanol–water partition coefficient (Wildman–Crippen LogP) is 13.4. The number of rotatable bonds is 31. The van der Waals surface area contributed by atoms with Gasteiger partial charge >= 0.3 is 5.97 Å². The molecule has 0 saturated carbocycles. The molecule has 12 rings (SSSR count). The second-order valence-corrected chi connectivity index (χ2v) is 33.2. The molecule has 4 fully saturated rings. The van der Waals surface area contributed by atoms with E-state index in [1.54, 1.807) is 54.6 Å². The largest absolute Gasteiger partial charge is 0.478 e. The van der Waals surface area contributed by atoms with Crippen LogP contribution < -0.4 is 48.7 Å². The van der Waals surface area contributed by atoms with Crippen LogP contribution in [-0.4, -0.2) is 206 Å². The Labute approximate surface area is 716 Å². The predicted molar refractivity (Wildman–Crippen MR) is 480 cm³/mol. The number of aromatic carboxylic acids is 1. The van der Waals surface area contributed by atoms with Gasteiger partial charge in [-0.2, -0.15) is 0 Å². The standard InChI is InChI=1S/C39H44N4O4.C33H43ClN6O2.C22H32Cl2N4O2/c44-37(32-16-14-31-25-33(39(46)47)17-15-30(31)24-32)40-26-34-18-23-43(38(45)36(41-34)19-22-42-20-8-3-9-21-42)27-35(28-10-4-1-5-11-28)29-12-6-2-7-13-29;1-4-23(24-8-6-5-7-9-24)21-40-17-15-29(39-30(32(40)42)14-16-36-33(35)38-22(2)3)20-37-31(41)27-11-10-26-19-28(34)13-12-25(26)18-27;1-4-15(14(2)3)13-28-10-8-17(27-20(7-9-25)22(28)30)12-26-21(29)16-5-6-18(23)19(24)11-16/h1-2,4-7,10-17,24-25,34-36,41H,3,8-9,18-23,26-27H2,(H,40,44)(H,46,47);5-13,18-19,22-23,29-30,39H,4,14-17,20-21H2,1-3H3,(H,37,41)(H3,35,36,38);5-6,11,15,17,20,27H,2,4,7-10,12-13,25H2,1,3H3,(H,26,29)/t34-,36-;23-,29+,30+;15?,17-,20-/m010/s1. The molecule has 634 valence electrons. The summed E-state index contributed by atoms with van der Waals surface area (Å²) in [6.07, 6.45) is 9.53. The van der Waals surface area contributed by atoms with Crippen molar-refractivity contribution < 1.29 is 38.7 Å². The van der Waals surface area contributed by atoms with Gasteiger partial charge in [-0.1, -0.05) is 182 Å². The van der Waals surface area contributed by atoms with Crippen LogP contribution in [0.3, 0.4) is 0 Å². The molecule has 4 saturated heterocycles. The molecule has 8 aromatic carbocycles. The number of hydrogen-bond acceptors (Lipinski definition) is 13. The number of aliphatic imine (C=N–C) groups is 1. The second-order valence-electron chi connectivity index (χ2n) is 32.0. The Balaban J connectivity index is 0.000000193. The van der Waals surface area contributed by atoms with Gasteiger partial charge in [0.1, 0.15) is 0 Å². The van der Waals surface area contributed by atoms with Crippen molar-refractivity contribution in [3.63, 3.8) is 0 Å². The molecule has 119 heavy (non-hydrogen) atoms. The van der Waals surface area contributed by atoms with Crippen LogP contribution in [0.25, 0.3) is 21.5 Å². The first kappa shape index (κ1) is 91.6. The number of carboxylic acids is 1. The summed E-state index contributed by atoms with van der Waals surface area (Å²) in [5.74, 6) is -0.334. The number of halogens is 3. The van der Waals surface area contributed by atoms with Gasteiger partial charge in [-0.25, -0.2) is 4.79 Å². The number of nitrogens with two attached hydrogens (primary N) is 2. The van der Waals surface area contributed by atoms with Gasteiger partial charge in [0.25, 0.3) is 17.7 Å². The summed E-state index contributed by atoms with van der Waals surface area (Å²) < 4.78 is 0. The van der Waals surface area contributed by atoms with Crippen LogP contribution in [-0.2, 0) is 14.4 Å². The Morgan fingerprint density at radius 2 is 0.958 bits per heavy atom. The number of carbonyl (C=O) groups excluding carboxylic acids is 6. The minimum Gasteiger partial charge on any atom is -0.478 e. The van der Waals surface area contributed by atoms with E-state index in [0.29, 0.717) is 123 Å². The normalized spacial score (nSPS) is 19.3. The van der Waals surface area contributed by atoms with Gasteiger partial charge in [-0.3, -0.25) is 33.8 Å². The lowest BCUT2D eigenvalue weighted by atomic mass is 9.90. The number of nitrogens with one attached hydrogen (secondary N) is 7. The number of fused-ring (bicyclic) bond motifs is 2. The fraction of sp³-hybridized carbons (Fsp3) is 0.426. The van der Waals surface area contributed by atoms with Crippen molar-refractivity contribution in [3.8, 4) is 0 Å². The summed E-state index contributed by atoms with van der Waals surface area (Å²) in [5, 5.41) is 37.0. The molecule has 22 nitrogen and oxygen atoms in total. The second kappa shape index (κ2) is 46.2. The lowest BCUT2D eigenvalue weighted by Gasteiger charge is -2.31. The average molecular weight is 1680 g/mol. The van der Waals surface area contributed by atoms with E-state index in [1.165, 1.54) is 36.0 Å². The fourth-order valence-corrected chi connectivity index (χ4v) is 16.5. The average Bonchev–Trinajstić information content (AvgIpc) is 1.36. The minimum atomic E-state index is -0.980. The zero-order valence-corrected chi connectivity index (χ0v) is 71.6. The maximum atomic E-state index is 14.2. The number of nitrogens with zero attached hydrogens (tertiary/aromatic N) is 5. The highest BCUT2D eigenvalue weighted by Gasteiger charge is 2.36. The molecule has 25 heteroatoms. The van der Waals surface area contributed by atoms with Gasteiger partial charge in [0.2, 0.25) is 17.7 Å². The zero-order chi connectivity index (χ0) is 84.9. The van der Waals surface area contributed by atoms with Gasteiger partial charge in [-0.05, 0) is 215 Å². The summed E-state index contributed by atoms with van der Waals surface area (Å²) >= 11 is 18.0. The van der Waals surface area contributed by atoms with Crippen LogP contribution in [0.2, 0.25) is 15.1 Å². The van der Waals surface area contributed by atoms with E-state index in [4.69, 9.17) is 46.3 Å². The Morgan fingerprint density at radius 1 is 0.521 bits per heavy atom. The fourth-order valence-electron chi connectivity index (χ4n) is 16.0. The lowest BCUT2D eigenvalue weighted by Crippen LogP contribution is -2.50. The molecule has 0 spiro atoms. The Morgan fingerprint density at radius 3 is 1.43 bits per heavy atom. The van der Waals surface area contributed by atoms with Crippen molar-refractivity contribution in [2.45, 2.75) is 159 Å². The Kier molecular flexibility index (Phi) is 35.5. The number of carbonyl (C=O) groups is 7. The van der Waals surface area contributed by atoms with Crippen LogP contribution in [0.1, 0.15) is 175 Å². The monoisotopic (exact) mass is 1680 g/mol. The van der Waals surface area contributed by atoms with Crippen molar-refractivity contribution >= 4 is 104 Å². The van der Waals surface area contributed by atoms with Crippen molar-refractivity contribution in [1.82, 2.24) is 56.8 Å². The van der Waals surface area contributed by atoms with Crippen molar-refractivity contribution in [3.05, 3.63) is 248 Å². The molecule has 0 bridgehead atoms. The minimum absolute atomic E-state index is 0.0351. The topological polar surface area (TPSA) is 301 Å².